The summed E-state index contributed by atoms with van der Waals surface area (Å²) in [6.45, 7) is 9.59. The Balaban J connectivity index is 1.16. The van der Waals surface area contributed by atoms with E-state index in [1.807, 2.05) is 27.7 Å². The van der Waals surface area contributed by atoms with Gasteiger partial charge in [0.2, 0.25) is 11.8 Å². The Morgan fingerprint density at radius 1 is 1.02 bits per heavy atom. The molecule has 2 aromatic heterocycles. The highest BCUT2D eigenvalue weighted by molar-refractivity contribution is 6.35. The molecule has 20 heteroatoms. The van der Waals surface area contributed by atoms with Crippen molar-refractivity contribution in [2.75, 3.05) is 50.6 Å². The number of pyridine rings is 1. The Morgan fingerprint density at radius 3 is 2.35 bits per heavy atom. The van der Waals surface area contributed by atoms with Crippen molar-refractivity contribution in [1.82, 2.24) is 30.5 Å². The van der Waals surface area contributed by atoms with Crippen LogP contribution in [-0.4, -0.2) is 102 Å². The molecule has 1 aliphatic carbocycles. The van der Waals surface area contributed by atoms with E-state index in [2.05, 4.69) is 36.0 Å². The first kappa shape index (κ1) is 47.3. The van der Waals surface area contributed by atoms with Crippen molar-refractivity contribution in [3.63, 3.8) is 0 Å². The Morgan fingerprint density at radius 2 is 1.71 bits per heavy atom. The number of benzene rings is 1. The third-order valence-corrected chi connectivity index (χ3v) is 11.6. The zero-order valence-electron chi connectivity index (χ0n) is 35.5. The number of alkyl halides is 3. The number of likely N-dealkylation sites (tertiary alicyclic amines) is 1. The Hall–Kier alpha value is -5.17. The summed E-state index contributed by atoms with van der Waals surface area (Å²) in [7, 11) is 1.24. The number of amides is 4. The lowest BCUT2D eigenvalue weighted by Gasteiger charge is -2.34. The number of aromatic amines is 1. The summed E-state index contributed by atoms with van der Waals surface area (Å²) < 4.78 is 56.3. The number of ether oxygens (including phenoxy) is 3. The topological polar surface area (TPSA) is 189 Å². The molecule has 3 aromatic rings. The molecule has 4 atom stereocenters. The van der Waals surface area contributed by atoms with Gasteiger partial charge in [-0.25, -0.2) is 14.8 Å². The van der Waals surface area contributed by atoms with Gasteiger partial charge in [0.1, 0.15) is 28.5 Å². The average molecular weight is 920 g/mol. The fourth-order valence-electron chi connectivity index (χ4n) is 7.74. The van der Waals surface area contributed by atoms with Crippen LogP contribution in [0.4, 0.5) is 29.5 Å². The van der Waals surface area contributed by atoms with E-state index in [1.165, 1.54) is 19.4 Å². The van der Waals surface area contributed by atoms with Crippen molar-refractivity contribution in [3.8, 4) is 11.3 Å². The predicted octanol–water partition coefficient (Wildman–Crippen LogP) is 7.58. The minimum Gasteiger partial charge on any atom is -0.453 e. The molecule has 0 bridgehead atoms. The molecular formula is C43H51Cl2F3N8O7. The van der Waals surface area contributed by atoms with Crippen LogP contribution in [-0.2, 0) is 28.6 Å². The maximum absolute atomic E-state index is 14.1. The lowest BCUT2D eigenvalue weighted by molar-refractivity contribution is -0.334. The van der Waals surface area contributed by atoms with Crippen molar-refractivity contribution in [2.24, 2.45) is 17.3 Å². The number of hydrogen-bond donors (Lipinski definition) is 5. The van der Waals surface area contributed by atoms with E-state index in [0.717, 1.165) is 0 Å². The molecule has 340 valence electrons. The number of H-pyrrole nitrogens is 1. The molecule has 4 amide bonds. The first-order valence-corrected chi connectivity index (χ1v) is 21.3. The lowest BCUT2D eigenvalue weighted by atomic mass is 9.89. The van der Waals surface area contributed by atoms with E-state index >= 15 is 0 Å². The number of hydrogen-bond acceptors (Lipinski definition) is 10. The molecule has 0 radical (unpaired) electrons. The summed E-state index contributed by atoms with van der Waals surface area (Å²) in [5.41, 5.74) is 0.982. The van der Waals surface area contributed by atoms with Crippen LogP contribution in [0.25, 0.3) is 16.8 Å². The van der Waals surface area contributed by atoms with Crippen LogP contribution in [0.5, 0.6) is 0 Å². The number of imidazole rings is 1. The predicted molar refractivity (Wildman–Crippen MR) is 230 cm³/mol. The van der Waals surface area contributed by atoms with Gasteiger partial charge in [-0.1, -0.05) is 75.2 Å². The molecule has 4 unspecified atom stereocenters. The largest absolute Gasteiger partial charge is 0.523 e. The van der Waals surface area contributed by atoms with Gasteiger partial charge in [-0.05, 0) is 60.4 Å². The van der Waals surface area contributed by atoms with E-state index in [0.29, 0.717) is 80.6 Å². The van der Waals surface area contributed by atoms with Gasteiger partial charge in [0.15, 0.2) is 0 Å². The van der Waals surface area contributed by atoms with E-state index < -0.39 is 48.4 Å². The van der Waals surface area contributed by atoms with Crippen molar-refractivity contribution < 1.29 is 46.6 Å². The van der Waals surface area contributed by atoms with E-state index in [4.69, 9.17) is 37.7 Å². The highest BCUT2D eigenvalue weighted by atomic mass is 35.5. The summed E-state index contributed by atoms with van der Waals surface area (Å²) in [5, 5.41) is 11.4. The van der Waals surface area contributed by atoms with E-state index in [9.17, 15) is 32.3 Å². The van der Waals surface area contributed by atoms with Crippen LogP contribution in [0.2, 0.25) is 5.15 Å². The number of anilines is 2. The zero-order chi connectivity index (χ0) is 45.6. The number of rotatable bonds is 13. The quantitative estimate of drug-likeness (QED) is 0.107. The average Bonchev–Trinajstić information content (AvgIpc) is 3.83. The third-order valence-electron chi connectivity index (χ3n) is 11.0. The van der Waals surface area contributed by atoms with Crippen LogP contribution in [0.1, 0.15) is 70.8 Å². The third kappa shape index (κ3) is 12.1. The summed E-state index contributed by atoms with van der Waals surface area (Å²) in [4.78, 5) is 65.8. The Kier molecular flexibility index (Phi) is 15.1. The summed E-state index contributed by atoms with van der Waals surface area (Å²) in [5.74, 6) is -0.199. The van der Waals surface area contributed by atoms with Gasteiger partial charge >= 0.3 is 12.5 Å². The van der Waals surface area contributed by atoms with Crippen LogP contribution < -0.4 is 21.3 Å². The van der Waals surface area contributed by atoms with Crippen LogP contribution in [0, 0.1) is 17.3 Å². The van der Waals surface area contributed by atoms with Crippen molar-refractivity contribution >= 4 is 64.1 Å². The molecule has 0 spiro atoms. The molecule has 63 heavy (non-hydrogen) atoms. The molecule has 3 aliphatic rings. The molecule has 2 aliphatic heterocycles. The van der Waals surface area contributed by atoms with Crippen molar-refractivity contribution in [3.05, 3.63) is 75.8 Å². The number of nitrogens with one attached hydrogen (secondary N) is 5. The molecule has 5 N–H and O–H groups in total. The smallest absolute Gasteiger partial charge is 0.453 e. The molecule has 0 saturated carbocycles. The van der Waals surface area contributed by atoms with Gasteiger partial charge in [0.25, 0.3) is 5.91 Å². The Bertz CT molecular complexity index is 2200. The second-order valence-electron chi connectivity index (χ2n) is 16.8. The fraction of sp³-hybridized carbons (Fsp3) is 0.488. The minimum absolute atomic E-state index is 0.0668. The lowest BCUT2D eigenvalue weighted by Crippen LogP contribution is -2.53. The first-order chi connectivity index (χ1) is 29.8. The second-order valence-corrected chi connectivity index (χ2v) is 17.6. The highest BCUT2D eigenvalue weighted by Gasteiger charge is 2.43. The molecular weight excluding hydrogens is 868 g/mol. The number of allylic oxidation sites excluding steroid dienone is 2. The summed E-state index contributed by atoms with van der Waals surface area (Å²) in [6, 6.07) is 8.31. The van der Waals surface area contributed by atoms with Crippen LogP contribution in [0.3, 0.4) is 0 Å². The number of aromatic nitrogens is 3. The molecule has 2 saturated heterocycles. The molecule has 4 heterocycles. The standard InChI is InChI=1S/C43H51Cl2F3N8O7/c1-23-18-31(56(22-23)39(58)35(54-41(60)61-5)26-12-16-62-17-13-26)37-53-34(36(45)55-37)25-8-6-24(7-9-25)28-19-30(44)29(20-32(28)63-43(46,47)48)38(57)52-27-10-11-33(51-21-27)49-14-15-50-40(59)42(2,3)4/h6-11,19,21,23,26,31-32,35H,12-18,20,22H2,1-5H3,(H,49,51)(H,50,59)(H,52,57)(H,53,55)(H,54,60). The highest BCUT2D eigenvalue weighted by Crippen LogP contribution is 2.41. The molecule has 6 rings (SSSR count). The summed E-state index contributed by atoms with van der Waals surface area (Å²) >= 11 is 13.3. The number of carbonyl (C=O) groups is 4. The maximum Gasteiger partial charge on any atom is 0.523 e. The van der Waals surface area contributed by atoms with Gasteiger partial charge in [-0.15, -0.1) is 13.2 Å². The van der Waals surface area contributed by atoms with Gasteiger partial charge in [0.05, 0.1) is 31.1 Å². The van der Waals surface area contributed by atoms with Crippen molar-refractivity contribution in [1.29, 1.82) is 0 Å². The van der Waals surface area contributed by atoms with E-state index in [-0.39, 0.29) is 50.7 Å². The number of carbonyl (C=O) groups excluding carboxylic acids is 4. The zero-order valence-corrected chi connectivity index (χ0v) is 37.0. The molecule has 1 aromatic carbocycles. The molecule has 2 fully saturated rings. The first-order valence-electron chi connectivity index (χ1n) is 20.5. The maximum atomic E-state index is 14.1. The number of nitrogens with zero attached hydrogens (tertiary/aromatic N) is 3. The fourth-order valence-corrected chi connectivity index (χ4v) is 8.27. The minimum atomic E-state index is -5.04. The van der Waals surface area contributed by atoms with Gasteiger partial charge < -0.3 is 40.6 Å². The van der Waals surface area contributed by atoms with Crippen LogP contribution in [0.15, 0.2) is 59.3 Å². The monoisotopic (exact) mass is 918 g/mol. The van der Waals surface area contributed by atoms with Gasteiger partial charge in [-0.2, -0.15) is 0 Å². The number of alkyl carbamates (subject to hydrolysis) is 1. The van der Waals surface area contributed by atoms with Crippen LogP contribution >= 0.6 is 23.2 Å². The number of methoxy groups -OCH3 is 1. The number of halogens is 5. The summed E-state index contributed by atoms with van der Waals surface area (Å²) in [6.07, 6.45) is -3.42. The van der Waals surface area contributed by atoms with E-state index in [1.54, 1.807) is 41.3 Å². The second kappa shape index (κ2) is 20.1. The van der Waals surface area contributed by atoms with Gasteiger partial charge in [-0.3, -0.25) is 19.1 Å². The molecule has 15 nitrogen and oxygen atoms in total. The van der Waals surface area contributed by atoms with Gasteiger partial charge in [0, 0.05) is 60.9 Å². The normalized spacial score (nSPS) is 20.2. The van der Waals surface area contributed by atoms with Crippen molar-refractivity contribution in [2.45, 2.75) is 77.9 Å². The Labute approximate surface area is 372 Å². The SMILES string of the molecule is COC(=O)NC(C(=O)N1CC(C)CC1c1nc(-c2ccc(C3=CC(Cl)=C(C(=O)Nc4ccc(NCCNC(=O)C(C)(C)C)nc4)CC3OC(F)(F)F)cc2)c(Cl)[nH]1)C1CCOCC1.